The smallest absolute Gasteiger partial charge is 0.270 e. The molecule has 136 valence electrons. The summed E-state index contributed by atoms with van der Waals surface area (Å²) in [6.07, 6.45) is 5.27. The largest absolute Gasteiger partial charge is 0.350 e. The average molecular weight is 400 g/mol. The van der Waals surface area contributed by atoms with E-state index in [0.717, 1.165) is 22.9 Å². The lowest BCUT2D eigenvalue weighted by Crippen LogP contribution is -2.39. The summed E-state index contributed by atoms with van der Waals surface area (Å²) in [6.45, 7) is 1.19. The number of halogens is 2. The van der Waals surface area contributed by atoms with E-state index in [1.165, 1.54) is 29.7 Å². The normalized spacial score (nSPS) is 15.6. The van der Waals surface area contributed by atoms with Crippen LogP contribution in [0.2, 0.25) is 5.02 Å². The summed E-state index contributed by atoms with van der Waals surface area (Å²) in [5, 5.41) is 6.56. The van der Waals surface area contributed by atoms with Crippen LogP contribution in [0.25, 0.3) is 0 Å². The second kappa shape index (κ2) is 8.99. The van der Waals surface area contributed by atoms with E-state index in [0.29, 0.717) is 25.2 Å². The van der Waals surface area contributed by atoms with Crippen LogP contribution >= 0.6 is 35.3 Å². The van der Waals surface area contributed by atoms with Crippen molar-refractivity contribution in [2.75, 3.05) is 13.1 Å². The summed E-state index contributed by atoms with van der Waals surface area (Å²) in [5.74, 6) is -0.102. The molecular weight excluding hydrogens is 377 g/mol. The van der Waals surface area contributed by atoms with Crippen molar-refractivity contribution in [1.82, 2.24) is 10.3 Å². The minimum Gasteiger partial charge on any atom is -0.350 e. The van der Waals surface area contributed by atoms with Crippen LogP contribution < -0.4 is 11.1 Å². The van der Waals surface area contributed by atoms with E-state index in [4.69, 9.17) is 17.3 Å². The molecule has 1 saturated carbocycles. The molecule has 1 aliphatic carbocycles. The van der Waals surface area contributed by atoms with Crippen LogP contribution in [0, 0.1) is 0 Å². The minimum absolute atomic E-state index is 0. The maximum Gasteiger partial charge on any atom is 0.270 e. The molecule has 0 unspecified atom stereocenters. The maximum atomic E-state index is 12.4. The van der Waals surface area contributed by atoms with Crippen LogP contribution in [-0.4, -0.2) is 24.0 Å². The number of aromatic nitrogens is 1. The molecule has 0 aliphatic heterocycles. The molecule has 0 atom stereocenters. The van der Waals surface area contributed by atoms with Gasteiger partial charge in [-0.05, 0) is 37.1 Å². The SMILES string of the molecule is Cl.NCCc1nc(C(=O)NCC2(c3ccc(Cl)cc3)CCCC2)cs1. The van der Waals surface area contributed by atoms with Crippen LogP contribution in [0.15, 0.2) is 29.6 Å². The molecule has 1 aliphatic rings. The Bertz CT molecular complexity index is 697. The molecule has 7 heteroatoms. The minimum atomic E-state index is -0.102. The van der Waals surface area contributed by atoms with Gasteiger partial charge >= 0.3 is 0 Å². The number of nitrogens with zero attached hydrogens (tertiary/aromatic N) is 1. The quantitative estimate of drug-likeness (QED) is 0.771. The Hall–Kier alpha value is -1.14. The van der Waals surface area contributed by atoms with Gasteiger partial charge in [-0.3, -0.25) is 4.79 Å². The number of amides is 1. The van der Waals surface area contributed by atoms with Crippen molar-refractivity contribution in [3.63, 3.8) is 0 Å². The van der Waals surface area contributed by atoms with Gasteiger partial charge in [-0.15, -0.1) is 23.7 Å². The van der Waals surface area contributed by atoms with Gasteiger partial charge in [0.15, 0.2) is 0 Å². The van der Waals surface area contributed by atoms with Crippen molar-refractivity contribution < 1.29 is 4.79 Å². The lowest BCUT2D eigenvalue weighted by molar-refractivity contribution is 0.0938. The zero-order valence-corrected chi connectivity index (χ0v) is 16.4. The molecule has 0 spiro atoms. The Labute approximate surface area is 163 Å². The first-order valence-corrected chi connectivity index (χ1v) is 9.57. The highest BCUT2D eigenvalue weighted by Crippen LogP contribution is 2.41. The number of benzene rings is 1. The van der Waals surface area contributed by atoms with E-state index in [1.54, 1.807) is 0 Å². The summed E-state index contributed by atoms with van der Waals surface area (Å²) in [6, 6.07) is 8.03. The second-order valence-corrected chi connectivity index (χ2v) is 7.72. The zero-order valence-electron chi connectivity index (χ0n) is 14.0. The van der Waals surface area contributed by atoms with Gasteiger partial charge in [-0.1, -0.05) is 36.6 Å². The molecule has 1 amide bonds. The molecule has 1 heterocycles. The van der Waals surface area contributed by atoms with Crippen LogP contribution in [-0.2, 0) is 11.8 Å². The Morgan fingerprint density at radius 2 is 1.96 bits per heavy atom. The number of carbonyl (C=O) groups is 1. The molecule has 0 radical (unpaired) electrons. The molecule has 4 nitrogen and oxygen atoms in total. The Morgan fingerprint density at radius 1 is 1.28 bits per heavy atom. The molecule has 1 aromatic heterocycles. The highest BCUT2D eigenvalue weighted by molar-refractivity contribution is 7.09. The third-order valence-corrected chi connectivity index (χ3v) is 5.91. The number of rotatable bonds is 6. The summed E-state index contributed by atoms with van der Waals surface area (Å²) in [4.78, 5) is 16.8. The fraction of sp³-hybridized carbons (Fsp3) is 0.444. The number of hydrogen-bond acceptors (Lipinski definition) is 4. The number of carbonyl (C=O) groups excluding carboxylic acids is 1. The third kappa shape index (κ3) is 4.73. The summed E-state index contributed by atoms with van der Waals surface area (Å²) in [7, 11) is 0. The molecule has 25 heavy (non-hydrogen) atoms. The lowest BCUT2D eigenvalue weighted by Gasteiger charge is -2.30. The zero-order chi connectivity index (χ0) is 17.0. The molecular formula is C18H23Cl2N3OS. The molecule has 1 fully saturated rings. The Morgan fingerprint density at radius 3 is 2.60 bits per heavy atom. The van der Waals surface area contributed by atoms with Gasteiger partial charge in [-0.2, -0.15) is 0 Å². The first-order valence-electron chi connectivity index (χ1n) is 8.32. The van der Waals surface area contributed by atoms with Gasteiger partial charge in [0.05, 0.1) is 5.01 Å². The monoisotopic (exact) mass is 399 g/mol. The van der Waals surface area contributed by atoms with Gasteiger partial charge in [0.2, 0.25) is 0 Å². The highest BCUT2D eigenvalue weighted by Gasteiger charge is 2.36. The predicted molar refractivity (Wildman–Crippen MR) is 106 cm³/mol. The van der Waals surface area contributed by atoms with Crippen LogP contribution in [0.4, 0.5) is 0 Å². The topological polar surface area (TPSA) is 68.0 Å². The highest BCUT2D eigenvalue weighted by atomic mass is 35.5. The van der Waals surface area contributed by atoms with Gasteiger partial charge in [0.1, 0.15) is 5.69 Å². The van der Waals surface area contributed by atoms with E-state index in [2.05, 4.69) is 22.4 Å². The first-order chi connectivity index (χ1) is 11.6. The summed E-state index contributed by atoms with van der Waals surface area (Å²) < 4.78 is 0. The molecule has 0 saturated heterocycles. The number of nitrogens with two attached hydrogens (primary N) is 1. The van der Waals surface area contributed by atoms with E-state index < -0.39 is 0 Å². The lowest BCUT2D eigenvalue weighted by atomic mass is 9.79. The van der Waals surface area contributed by atoms with E-state index in [9.17, 15) is 4.79 Å². The third-order valence-electron chi connectivity index (χ3n) is 4.75. The number of hydrogen-bond donors (Lipinski definition) is 2. The first kappa shape index (κ1) is 20.2. The van der Waals surface area contributed by atoms with Gasteiger partial charge < -0.3 is 11.1 Å². The van der Waals surface area contributed by atoms with Gasteiger partial charge in [-0.25, -0.2) is 4.98 Å². The van der Waals surface area contributed by atoms with Crippen LogP contribution in [0.3, 0.4) is 0 Å². The Kier molecular flexibility index (Phi) is 7.25. The second-order valence-electron chi connectivity index (χ2n) is 6.34. The van der Waals surface area contributed by atoms with Crippen LogP contribution in [0.1, 0.15) is 46.7 Å². The van der Waals surface area contributed by atoms with Crippen molar-refractivity contribution in [2.45, 2.75) is 37.5 Å². The van der Waals surface area contributed by atoms with Crippen molar-refractivity contribution in [3.05, 3.63) is 50.9 Å². The van der Waals surface area contributed by atoms with Crippen LogP contribution in [0.5, 0.6) is 0 Å². The Balaban J connectivity index is 0.00000225. The summed E-state index contributed by atoms with van der Waals surface area (Å²) >= 11 is 7.50. The fourth-order valence-corrected chi connectivity index (χ4v) is 4.34. The number of thiazole rings is 1. The maximum absolute atomic E-state index is 12.4. The number of nitrogens with one attached hydrogen (secondary N) is 1. The molecule has 3 N–H and O–H groups in total. The fourth-order valence-electron chi connectivity index (χ4n) is 3.42. The van der Waals surface area contributed by atoms with E-state index in [-0.39, 0.29) is 23.7 Å². The van der Waals surface area contributed by atoms with E-state index >= 15 is 0 Å². The molecule has 1 aromatic carbocycles. The van der Waals surface area contributed by atoms with Gasteiger partial charge in [0, 0.05) is 28.8 Å². The van der Waals surface area contributed by atoms with Crippen molar-refractivity contribution in [1.29, 1.82) is 0 Å². The molecule has 3 rings (SSSR count). The standard InChI is InChI=1S/C18H22ClN3OS.ClH/c19-14-5-3-13(4-6-14)18(8-1-2-9-18)12-21-17(23)15-11-24-16(22-15)7-10-20;/h3-6,11H,1-2,7-10,12,20H2,(H,21,23);1H. The van der Waals surface area contributed by atoms with Crippen molar-refractivity contribution in [2.24, 2.45) is 5.73 Å². The average Bonchev–Trinajstić information content (AvgIpc) is 3.24. The molecule has 0 bridgehead atoms. The van der Waals surface area contributed by atoms with E-state index in [1.807, 2.05) is 17.5 Å². The van der Waals surface area contributed by atoms with Gasteiger partial charge in [0.25, 0.3) is 5.91 Å². The predicted octanol–water partition coefficient (Wildman–Crippen LogP) is 3.96. The summed E-state index contributed by atoms with van der Waals surface area (Å²) in [5.41, 5.74) is 7.30. The van der Waals surface area contributed by atoms with Crippen molar-refractivity contribution in [3.8, 4) is 0 Å². The molecule has 2 aromatic rings. The van der Waals surface area contributed by atoms with Crippen molar-refractivity contribution >= 4 is 41.3 Å².